The summed E-state index contributed by atoms with van der Waals surface area (Å²) in [5, 5.41) is 3.20. The number of hydrogen-bond donors (Lipinski definition) is 1. The third kappa shape index (κ3) is 4.11. The molecule has 0 aliphatic carbocycles. The van der Waals surface area contributed by atoms with Crippen LogP contribution in [0.15, 0.2) is 4.79 Å². The molecule has 1 rings (SSSR count). The van der Waals surface area contributed by atoms with Gasteiger partial charge in [0.25, 0.3) is 0 Å². The Balaban J connectivity index is 2.53. The molecule has 0 heterocycles. The SMILES string of the molecule is CCNCCOCCN(C)c1c(C(C)(C)C)c(=S)c1=O. The van der Waals surface area contributed by atoms with Gasteiger partial charge in [-0.1, -0.05) is 39.9 Å². The van der Waals surface area contributed by atoms with Gasteiger partial charge >= 0.3 is 0 Å². The van der Waals surface area contributed by atoms with Gasteiger partial charge in [0.1, 0.15) is 0 Å². The smallest absolute Gasteiger partial charge is 0.220 e. The van der Waals surface area contributed by atoms with Crippen molar-refractivity contribution in [3.05, 3.63) is 20.3 Å². The molecular weight excluding hydrogens is 272 g/mol. The lowest BCUT2D eigenvalue weighted by molar-refractivity contribution is 0.143. The summed E-state index contributed by atoms with van der Waals surface area (Å²) >= 11 is 5.18. The molecule has 0 bridgehead atoms. The summed E-state index contributed by atoms with van der Waals surface area (Å²) in [6.07, 6.45) is 0. The molecule has 114 valence electrons. The summed E-state index contributed by atoms with van der Waals surface area (Å²) in [5.74, 6) is 0. The molecule has 0 aliphatic rings. The Hall–Kier alpha value is -0.780. The van der Waals surface area contributed by atoms with Gasteiger partial charge in [0.2, 0.25) is 5.43 Å². The average molecular weight is 298 g/mol. The fraction of sp³-hybridized carbons (Fsp3) is 0.733. The van der Waals surface area contributed by atoms with E-state index in [1.807, 2.05) is 11.9 Å². The number of anilines is 1. The zero-order chi connectivity index (χ0) is 15.3. The summed E-state index contributed by atoms with van der Waals surface area (Å²) < 4.78 is 6.03. The Morgan fingerprint density at radius 3 is 2.50 bits per heavy atom. The number of hydrogen-bond acceptors (Lipinski definition) is 5. The molecule has 5 heteroatoms. The van der Waals surface area contributed by atoms with Crippen molar-refractivity contribution in [1.29, 1.82) is 0 Å². The zero-order valence-corrected chi connectivity index (χ0v) is 14.0. The highest BCUT2D eigenvalue weighted by Gasteiger charge is 2.29. The summed E-state index contributed by atoms with van der Waals surface area (Å²) in [6, 6.07) is 0. The fourth-order valence-corrected chi connectivity index (χ4v) is 2.68. The lowest BCUT2D eigenvalue weighted by Crippen LogP contribution is -2.36. The quantitative estimate of drug-likeness (QED) is 0.587. The standard InChI is InChI=1S/C15H26N2O2S/c1-6-16-7-9-19-10-8-17(5)12-11(15(2,3)4)14(20)13(12)18/h16H,6-10H2,1-5H3. The molecule has 0 fully saturated rings. The van der Waals surface area contributed by atoms with Gasteiger partial charge in [-0.25, -0.2) is 0 Å². The topological polar surface area (TPSA) is 41.6 Å². The molecule has 4 nitrogen and oxygen atoms in total. The first-order chi connectivity index (χ1) is 9.30. The Kier molecular flexibility index (Phi) is 6.30. The predicted molar refractivity (Wildman–Crippen MR) is 87.3 cm³/mol. The largest absolute Gasteiger partial charge is 0.378 e. The Morgan fingerprint density at radius 1 is 1.30 bits per heavy atom. The third-order valence-electron chi connectivity index (χ3n) is 3.26. The summed E-state index contributed by atoms with van der Waals surface area (Å²) in [7, 11) is 1.92. The predicted octanol–water partition coefficient (Wildman–Crippen LogP) is 2.01. The maximum Gasteiger partial charge on any atom is 0.220 e. The van der Waals surface area contributed by atoms with E-state index in [0.717, 1.165) is 24.3 Å². The minimum Gasteiger partial charge on any atom is -0.378 e. The van der Waals surface area contributed by atoms with Crippen LogP contribution >= 0.6 is 12.2 Å². The minimum absolute atomic E-state index is 0.0000691. The molecule has 0 spiro atoms. The number of rotatable bonds is 8. The van der Waals surface area contributed by atoms with Crippen LogP contribution in [0.1, 0.15) is 33.3 Å². The molecule has 0 saturated carbocycles. The van der Waals surface area contributed by atoms with Gasteiger partial charge in [0.05, 0.1) is 23.4 Å². The number of ether oxygens (including phenoxy) is 1. The first-order valence-electron chi connectivity index (χ1n) is 7.14. The monoisotopic (exact) mass is 298 g/mol. The van der Waals surface area contributed by atoms with Crippen LogP contribution in [0, 0.1) is 4.51 Å². The van der Waals surface area contributed by atoms with E-state index in [1.54, 1.807) is 0 Å². The van der Waals surface area contributed by atoms with E-state index in [2.05, 4.69) is 33.0 Å². The van der Waals surface area contributed by atoms with Gasteiger partial charge in [-0.3, -0.25) is 4.79 Å². The normalized spacial score (nSPS) is 12.1. The molecule has 0 saturated heterocycles. The molecule has 0 atom stereocenters. The maximum absolute atomic E-state index is 11.9. The third-order valence-corrected chi connectivity index (χ3v) is 3.65. The van der Waals surface area contributed by atoms with Gasteiger partial charge in [-0.2, -0.15) is 0 Å². The van der Waals surface area contributed by atoms with Crippen molar-refractivity contribution in [1.82, 2.24) is 5.32 Å². The van der Waals surface area contributed by atoms with E-state index in [-0.39, 0.29) is 10.8 Å². The first-order valence-corrected chi connectivity index (χ1v) is 7.55. The van der Waals surface area contributed by atoms with Gasteiger partial charge < -0.3 is 15.0 Å². The number of likely N-dealkylation sites (N-methyl/N-ethyl adjacent to an activating group) is 2. The lowest BCUT2D eigenvalue weighted by atomic mass is 9.82. The molecule has 0 unspecified atom stereocenters. The van der Waals surface area contributed by atoms with E-state index in [1.165, 1.54) is 0 Å². The van der Waals surface area contributed by atoms with Crippen LogP contribution in [0.3, 0.4) is 0 Å². The van der Waals surface area contributed by atoms with Crippen LogP contribution < -0.4 is 15.6 Å². The highest BCUT2D eigenvalue weighted by molar-refractivity contribution is 7.71. The van der Waals surface area contributed by atoms with Gasteiger partial charge in [-0.15, -0.1) is 0 Å². The molecule has 1 N–H and O–H groups in total. The number of nitrogens with zero attached hydrogens (tertiary/aromatic N) is 1. The second kappa shape index (κ2) is 7.29. The molecule has 0 radical (unpaired) electrons. The summed E-state index contributed by atoms with van der Waals surface area (Å²) in [5.41, 5.74) is 1.69. The maximum atomic E-state index is 11.9. The van der Waals surface area contributed by atoms with E-state index < -0.39 is 0 Å². The molecule has 0 aliphatic heterocycles. The van der Waals surface area contributed by atoms with Crippen molar-refractivity contribution in [2.75, 3.05) is 44.8 Å². The minimum atomic E-state index is -0.0828. The van der Waals surface area contributed by atoms with Crippen LogP contribution in [-0.2, 0) is 10.2 Å². The highest BCUT2D eigenvalue weighted by atomic mass is 32.1. The van der Waals surface area contributed by atoms with Crippen LogP contribution in [0.25, 0.3) is 0 Å². The van der Waals surface area contributed by atoms with Crippen molar-refractivity contribution in [2.45, 2.75) is 33.1 Å². The summed E-state index contributed by atoms with van der Waals surface area (Å²) in [4.78, 5) is 13.9. The van der Waals surface area contributed by atoms with Crippen molar-refractivity contribution in [2.24, 2.45) is 0 Å². The van der Waals surface area contributed by atoms with Crippen molar-refractivity contribution in [3.63, 3.8) is 0 Å². The Morgan fingerprint density at radius 2 is 1.95 bits per heavy atom. The second-order valence-corrected chi connectivity index (χ2v) is 6.43. The molecular formula is C15H26N2O2S. The van der Waals surface area contributed by atoms with Gasteiger partial charge in [-0.05, 0) is 12.0 Å². The van der Waals surface area contributed by atoms with Crippen LogP contribution in [0.2, 0.25) is 0 Å². The van der Waals surface area contributed by atoms with Crippen molar-refractivity contribution in [3.8, 4) is 0 Å². The van der Waals surface area contributed by atoms with Crippen LogP contribution in [-0.4, -0.2) is 39.9 Å². The molecule has 1 aromatic carbocycles. The lowest BCUT2D eigenvalue weighted by Gasteiger charge is -2.30. The van der Waals surface area contributed by atoms with Crippen LogP contribution in [0.4, 0.5) is 5.69 Å². The van der Waals surface area contributed by atoms with E-state index in [4.69, 9.17) is 17.0 Å². The zero-order valence-electron chi connectivity index (χ0n) is 13.2. The van der Waals surface area contributed by atoms with Crippen molar-refractivity contribution < 1.29 is 4.74 Å². The first kappa shape index (κ1) is 17.3. The average Bonchev–Trinajstić information content (AvgIpc) is 2.36. The highest BCUT2D eigenvalue weighted by Crippen LogP contribution is 2.32. The molecule has 0 aromatic heterocycles. The fourth-order valence-electron chi connectivity index (χ4n) is 2.18. The second-order valence-electron chi connectivity index (χ2n) is 6.02. The van der Waals surface area contributed by atoms with Crippen LogP contribution in [0.5, 0.6) is 0 Å². The number of nitrogens with one attached hydrogen (secondary N) is 1. The Bertz CT molecular complexity index is 499. The van der Waals surface area contributed by atoms with E-state index in [9.17, 15) is 4.79 Å². The Labute approximate surface area is 126 Å². The van der Waals surface area contributed by atoms with Crippen molar-refractivity contribution >= 4 is 17.9 Å². The van der Waals surface area contributed by atoms with Gasteiger partial charge in [0, 0.05) is 25.7 Å². The summed E-state index contributed by atoms with van der Waals surface area (Å²) in [6.45, 7) is 12.2. The van der Waals surface area contributed by atoms with E-state index in [0.29, 0.717) is 24.3 Å². The molecule has 0 amide bonds. The van der Waals surface area contributed by atoms with Gasteiger partial charge in [0.15, 0.2) is 0 Å². The molecule has 20 heavy (non-hydrogen) atoms. The van der Waals surface area contributed by atoms with E-state index >= 15 is 0 Å². The molecule has 1 aromatic rings.